The van der Waals surface area contributed by atoms with Crippen LogP contribution in [0.2, 0.25) is 6.82 Å². The Bertz CT molecular complexity index is 742. The summed E-state index contributed by atoms with van der Waals surface area (Å²) in [5.41, 5.74) is 1.67. The fraction of sp³-hybridized carbons (Fsp3) is 0.286. The number of ether oxygens (including phenoxy) is 1. The van der Waals surface area contributed by atoms with Crippen LogP contribution in [0, 0.1) is 0 Å². The quantitative estimate of drug-likeness (QED) is 0.721. The van der Waals surface area contributed by atoms with Gasteiger partial charge in [-0.15, -0.1) is 0 Å². The van der Waals surface area contributed by atoms with Crippen molar-refractivity contribution in [3.05, 3.63) is 40.4 Å². The molecule has 2 aromatic rings. The van der Waals surface area contributed by atoms with Crippen LogP contribution in [-0.4, -0.2) is 17.1 Å². The number of nitrogens with zero attached hydrogens (tertiary/aromatic N) is 2. The number of aromatic nitrogens is 2. The summed E-state index contributed by atoms with van der Waals surface area (Å²) in [5.74, 6) is 2.13. The topological polar surface area (TPSA) is 68.2 Å². The molecule has 0 radical (unpaired) electrons. The van der Waals surface area contributed by atoms with Crippen molar-refractivity contribution < 1.29 is 4.74 Å². The largest absolute Gasteiger partial charge is 0.450 e. The molecule has 6 nitrogen and oxygen atoms in total. The molecule has 1 aromatic carbocycles. The Morgan fingerprint density at radius 2 is 2.19 bits per heavy atom. The molecule has 7 heteroatoms. The first kappa shape index (κ1) is 13.5. The van der Waals surface area contributed by atoms with E-state index in [9.17, 15) is 4.79 Å². The molecule has 0 atom stereocenters. The maximum absolute atomic E-state index is 11.9. The van der Waals surface area contributed by atoms with Crippen molar-refractivity contribution in [3.8, 4) is 11.5 Å². The van der Waals surface area contributed by atoms with Crippen molar-refractivity contribution in [3.63, 3.8) is 0 Å². The van der Waals surface area contributed by atoms with Crippen molar-refractivity contribution in [2.24, 2.45) is 0 Å². The molecule has 0 fully saturated rings. The van der Waals surface area contributed by atoms with Gasteiger partial charge in [0.1, 0.15) is 0 Å². The molecule has 0 saturated carbocycles. The standard InChI is InChI=1S/C14H17BN4O2/c1-8(2)9-4-5-11-10(6-9)16-13-12(21-11)7-19(18-15-3)14(20)17-13/h4-8,15,18H,1-3H3,(H,16,17,20). The minimum Gasteiger partial charge on any atom is -0.450 e. The predicted molar refractivity (Wildman–Crippen MR) is 84.8 cm³/mol. The average molecular weight is 284 g/mol. The summed E-state index contributed by atoms with van der Waals surface area (Å²) in [6.45, 7) is 6.17. The van der Waals surface area contributed by atoms with Gasteiger partial charge < -0.3 is 15.4 Å². The van der Waals surface area contributed by atoms with Crippen molar-refractivity contribution in [1.29, 1.82) is 0 Å². The van der Waals surface area contributed by atoms with Crippen molar-refractivity contribution >= 4 is 18.9 Å². The number of rotatable bonds is 3. The van der Waals surface area contributed by atoms with Gasteiger partial charge in [0.15, 0.2) is 17.3 Å². The molecule has 1 aliphatic heterocycles. The van der Waals surface area contributed by atoms with Crippen LogP contribution in [0.5, 0.6) is 11.5 Å². The Hall–Kier alpha value is -2.44. The van der Waals surface area contributed by atoms with E-state index < -0.39 is 0 Å². The van der Waals surface area contributed by atoms with Gasteiger partial charge in [0.05, 0.1) is 11.9 Å². The molecule has 108 valence electrons. The van der Waals surface area contributed by atoms with Gasteiger partial charge >= 0.3 is 5.69 Å². The smallest absolute Gasteiger partial charge is 0.367 e. The zero-order valence-corrected chi connectivity index (χ0v) is 12.3. The van der Waals surface area contributed by atoms with Gasteiger partial charge in [0.25, 0.3) is 0 Å². The fourth-order valence-electron chi connectivity index (χ4n) is 2.23. The van der Waals surface area contributed by atoms with Crippen molar-refractivity contribution in [1.82, 2.24) is 9.66 Å². The van der Waals surface area contributed by atoms with Gasteiger partial charge in [-0.1, -0.05) is 26.7 Å². The summed E-state index contributed by atoms with van der Waals surface area (Å²) in [5, 5.41) is 6.08. The van der Waals surface area contributed by atoms with E-state index in [1.54, 1.807) is 6.20 Å². The highest BCUT2D eigenvalue weighted by Gasteiger charge is 2.20. The van der Waals surface area contributed by atoms with Crippen LogP contribution in [0.1, 0.15) is 25.3 Å². The van der Waals surface area contributed by atoms with E-state index in [4.69, 9.17) is 4.74 Å². The second-order valence-electron chi connectivity index (χ2n) is 5.26. The minimum absolute atomic E-state index is 0.366. The Labute approximate surface area is 123 Å². The lowest BCUT2D eigenvalue weighted by Gasteiger charge is -2.22. The van der Waals surface area contributed by atoms with E-state index in [-0.39, 0.29) is 5.69 Å². The number of benzene rings is 1. The van der Waals surface area contributed by atoms with E-state index in [0.29, 0.717) is 24.9 Å². The van der Waals surface area contributed by atoms with Gasteiger partial charge in [-0.25, -0.2) is 9.47 Å². The minimum atomic E-state index is -0.366. The van der Waals surface area contributed by atoms with Gasteiger partial charge in [-0.3, -0.25) is 0 Å². The highest BCUT2D eigenvalue weighted by Crippen LogP contribution is 2.40. The Balaban J connectivity index is 2.00. The van der Waals surface area contributed by atoms with Crippen LogP contribution in [0.15, 0.2) is 29.2 Å². The molecular weight excluding hydrogens is 267 g/mol. The molecule has 2 N–H and O–H groups in total. The maximum Gasteiger partial charge on any atom is 0.367 e. The monoisotopic (exact) mass is 284 g/mol. The van der Waals surface area contributed by atoms with Crippen molar-refractivity contribution in [2.45, 2.75) is 26.6 Å². The average Bonchev–Trinajstić information content (AvgIpc) is 2.45. The van der Waals surface area contributed by atoms with Crippen LogP contribution < -0.4 is 21.1 Å². The van der Waals surface area contributed by atoms with Gasteiger partial charge in [0.2, 0.25) is 7.41 Å². The molecule has 2 heterocycles. The van der Waals surface area contributed by atoms with Crippen LogP contribution in [0.3, 0.4) is 0 Å². The molecule has 3 rings (SSSR count). The predicted octanol–water partition coefficient (Wildman–Crippen LogP) is 2.16. The van der Waals surface area contributed by atoms with E-state index >= 15 is 0 Å². The first-order chi connectivity index (χ1) is 10.1. The zero-order valence-electron chi connectivity index (χ0n) is 12.3. The van der Waals surface area contributed by atoms with Crippen LogP contribution in [0.25, 0.3) is 0 Å². The summed E-state index contributed by atoms with van der Waals surface area (Å²) in [7, 11) is 0.627. The normalized spacial score (nSPS) is 12.0. The molecule has 0 unspecified atom stereocenters. The third-order valence-electron chi connectivity index (χ3n) is 3.37. The lowest BCUT2D eigenvalue weighted by molar-refractivity contribution is 0.471. The first-order valence-electron chi connectivity index (χ1n) is 7.05. The summed E-state index contributed by atoms with van der Waals surface area (Å²) in [6, 6.07) is 6.01. The third-order valence-corrected chi connectivity index (χ3v) is 3.37. The molecular formula is C14H17BN4O2. The number of fused-ring (bicyclic) bond motifs is 2. The van der Waals surface area contributed by atoms with Gasteiger partial charge in [-0.05, 0) is 23.6 Å². The zero-order chi connectivity index (χ0) is 15.0. The maximum atomic E-state index is 11.9. The van der Waals surface area contributed by atoms with E-state index in [2.05, 4.69) is 29.5 Å². The number of anilines is 2. The van der Waals surface area contributed by atoms with Crippen molar-refractivity contribution in [2.75, 3.05) is 10.7 Å². The van der Waals surface area contributed by atoms with Crippen LogP contribution >= 0.6 is 0 Å². The summed E-state index contributed by atoms with van der Waals surface area (Å²) < 4.78 is 7.16. The highest BCUT2D eigenvalue weighted by atomic mass is 16.5. The van der Waals surface area contributed by atoms with Gasteiger partial charge in [0, 0.05) is 0 Å². The van der Waals surface area contributed by atoms with Gasteiger partial charge in [-0.2, -0.15) is 4.98 Å². The molecule has 1 aliphatic rings. The SMILES string of the molecule is CBNn1cc2c(nc1=O)Nc1cc(C(C)C)ccc1O2. The lowest BCUT2D eigenvalue weighted by Crippen LogP contribution is -2.32. The Morgan fingerprint density at radius 3 is 2.90 bits per heavy atom. The molecule has 0 spiro atoms. The van der Waals surface area contributed by atoms with Crippen LogP contribution in [-0.2, 0) is 0 Å². The molecule has 1 aromatic heterocycles. The lowest BCUT2D eigenvalue weighted by atomic mass is 10.0. The Morgan fingerprint density at radius 1 is 1.38 bits per heavy atom. The van der Waals surface area contributed by atoms with E-state index in [1.165, 1.54) is 10.2 Å². The van der Waals surface area contributed by atoms with Crippen LogP contribution in [0.4, 0.5) is 11.5 Å². The second kappa shape index (κ2) is 5.16. The second-order valence-corrected chi connectivity index (χ2v) is 5.26. The fourth-order valence-corrected chi connectivity index (χ4v) is 2.23. The van der Waals surface area contributed by atoms with E-state index in [1.807, 2.05) is 25.0 Å². The molecule has 0 amide bonds. The summed E-state index contributed by atoms with van der Waals surface area (Å²) >= 11 is 0. The third kappa shape index (κ3) is 2.46. The molecule has 0 saturated heterocycles. The molecule has 0 bridgehead atoms. The highest BCUT2D eigenvalue weighted by molar-refractivity contribution is 6.35. The number of hydrogen-bond acceptors (Lipinski definition) is 5. The first-order valence-corrected chi connectivity index (χ1v) is 7.05. The van der Waals surface area contributed by atoms with E-state index in [0.717, 1.165) is 11.4 Å². The number of hydrogen-bond donors (Lipinski definition) is 2. The molecule has 0 aliphatic carbocycles. The Kier molecular flexibility index (Phi) is 3.33. The summed E-state index contributed by atoms with van der Waals surface area (Å²) in [6.07, 6.45) is 1.61. The number of nitrogens with one attached hydrogen (secondary N) is 2. The summed E-state index contributed by atoms with van der Waals surface area (Å²) in [4.78, 5) is 15.9. The molecule has 21 heavy (non-hydrogen) atoms.